The summed E-state index contributed by atoms with van der Waals surface area (Å²) in [4.78, 5) is 3.99. The fourth-order valence-corrected chi connectivity index (χ4v) is 0.819. The van der Waals surface area contributed by atoms with Crippen LogP contribution in [-0.4, -0.2) is 12.8 Å². The van der Waals surface area contributed by atoms with Crippen molar-refractivity contribution in [3.63, 3.8) is 0 Å². The van der Waals surface area contributed by atoms with Crippen LogP contribution in [0, 0.1) is 0 Å². The summed E-state index contributed by atoms with van der Waals surface area (Å²) in [7, 11) is 1.70. The summed E-state index contributed by atoms with van der Waals surface area (Å²) in [5, 5.41) is 0. The summed E-state index contributed by atoms with van der Waals surface area (Å²) in [6, 6.07) is 0. The monoisotopic (exact) mass is 150 g/mol. The SMILES string of the molecule is C=CC(=NC)/C(=C/C)C(=C)N. The van der Waals surface area contributed by atoms with Crippen LogP contribution in [-0.2, 0) is 0 Å². The van der Waals surface area contributed by atoms with E-state index in [2.05, 4.69) is 18.2 Å². The summed E-state index contributed by atoms with van der Waals surface area (Å²) in [5.41, 5.74) is 7.66. The van der Waals surface area contributed by atoms with E-state index in [1.807, 2.05) is 13.0 Å². The third kappa shape index (κ3) is 2.42. The summed E-state index contributed by atoms with van der Waals surface area (Å²) in [6.45, 7) is 9.13. The lowest BCUT2D eigenvalue weighted by atomic mass is 10.1. The van der Waals surface area contributed by atoms with E-state index in [1.54, 1.807) is 13.1 Å². The minimum Gasteiger partial charge on any atom is -0.399 e. The van der Waals surface area contributed by atoms with Crippen molar-refractivity contribution in [2.45, 2.75) is 6.92 Å². The fraction of sp³-hybridized carbons (Fsp3) is 0.222. The molecule has 0 aliphatic carbocycles. The van der Waals surface area contributed by atoms with Crippen LogP contribution in [0.5, 0.6) is 0 Å². The van der Waals surface area contributed by atoms with Gasteiger partial charge in [0.2, 0.25) is 0 Å². The van der Waals surface area contributed by atoms with Crippen molar-refractivity contribution in [3.8, 4) is 0 Å². The van der Waals surface area contributed by atoms with Gasteiger partial charge in [0, 0.05) is 18.3 Å². The van der Waals surface area contributed by atoms with Crippen LogP contribution >= 0.6 is 0 Å². The first kappa shape index (κ1) is 9.69. The molecule has 0 heterocycles. The van der Waals surface area contributed by atoms with E-state index in [4.69, 9.17) is 5.73 Å². The molecular weight excluding hydrogens is 136 g/mol. The smallest absolute Gasteiger partial charge is 0.0654 e. The predicted molar refractivity (Wildman–Crippen MR) is 50.6 cm³/mol. The van der Waals surface area contributed by atoms with E-state index in [0.29, 0.717) is 5.70 Å². The second kappa shape index (κ2) is 4.50. The minimum atomic E-state index is 0.521. The summed E-state index contributed by atoms with van der Waals surface area (Å²) >= 11 is 0. The number of rotatable bonds is 3. The maximum atomic E-state index is 5.51. The van der Waals surface area contributed by atoms with E-state index < -0.39 is 0 Å². The van der Waals surface area contributed by atoms with Gasteiger partial charge in [-0.05, 0) is 13.0 Å². The van der Waals surface area contributed by atoms with Gasteiger partial charge in [0.15, 0.2) is 0 Å². The molecule has 0 spiro atoms. The van der Waals surface area contributed by atoms with E-state index >= 15 is 0 Å². The molecule has 0 amide bonds. The predicted octanol–water partition coefficient (Wildman–Crippen LogP) is 1.66. The number of hydrogen-bond donors (Lipinski definition) is 1. The van der Waals surface area contributed by atoms with Gasteiger partial charge in [0.25, 0.3) is 0 Å². The Morgan fingerprint density at radius 3 is 2.18 bits per heavy atom. The highest BCUT2D eigenvalue weighted by molar-refractivity contribution is 6.10. The lowest BCUT2D eigenvalue weighted by molar-refractivity contribution is 1.35. The summed E-state index contributed by atoms with van der Waals surface area (Å²) in [5.74, 6) is 0. The van der Waals surface area contributed by atoms with Crippen LogP contribution in [0.15, 0.2) is 41.6 Å². The Kier molecular flexibility index (Phi) is 3.96. The molecule has 0 aliphatic heterocycles. The van der Waals surface area contributed by atoms with Crippen LogP contribution in [0.25, 0.3) is 0 Å². The average molecular weight is 150 g/mol. The molecule has 0 bridgehead atoms. The second-order valence-electron chi connectivity index (χ2n) is 2.04. The maximum absolute atomic E-state index is 5.51. The Bertz CT molecular complexity index is 222. The molecule has 0 saturated carbocycles. The molecule has 2 heteroatoms. The lowest BCUT2D eigenvalue weighted by Gasteiger charge is -2.04. The van der Waals surface area contributed by atoms with E-state index in [-0.39, 0.29) is 0 Å². The van der Waals surface area contributed by atoms with Crippen molar-refractivity contribution < 1.29 is 0 Å². The Morgan fingerprint density at radius 1 is 1.55 bits per heavy atom. The topological polar surface area (TPSA) is 38.4 Å². The first-order chi connectivity index (χ1) is 5.17. The standard InChI is InChI=1S/C9H14N2/c1-5-8(7(3)10)9(6-2)11-4/h5-6H,2-3,10H2,1,4H3/b8-5+,11-9?. The van der Waals surface area contributed by atoms with Gasteiger partial charge in [0.1, 0.15) is 0 Å². The Labute approximate surface area is 67.8 Å². The molecule has 2 nitrogen and oxygen atoms in total. The second-order valence-corrected chi connectivity index (χ2v) is 2.04. The summed E-state index contributed by atoms with van der Waals surface area (Å²) < 4.78 is 0. The number of aliphatic imine (C=N–C) groups is 1. The molecule has 11 heavy (non-hydrogen) atoms. The molecule has 0 saturated heterocycles. The molecule has 0 radical (unpaired) electrons. The molecule has 0 aromatic carbocycles. The maximum Gasteiger partial charge on any atom is 0.0654 e. The first-order valence-electron chi connectivity index (χ1n) is 3.38. The third-order valence-electron chi connectivity index (χ3n) is 1.34. The molecule has 0 aromatic rings. The molecular formula is C9H14N2. The van der Waals surface area contributed by atoms with Crippen molar-refractivity contribution in [1.29, 1.82) is 0 Å². The van der Waals surface area contributed by atoms with Crippen LogP contribution in [0.4, 0.5) is 0 Å². The normalized spacial score (nSPS) is 12.9. The minimum absolute atomic E-state index is 0.521. The van der Waals surface area contributed by atoms with Crippen molar-refractivity contribution in [3.05, 3.63) is 36.6 Å². The quantitative estimate of drug-likeness (QED) is 0.482. The highest BCUT2D eigenvalue weighted by atomic mass is 14.7. The zero-order valence-electron chi connectivity index (χ0n) is 7.09. The molecule has 60 valence electrons. The van der Waals surface area contributed by atoms with Gasteiger partial charge in [0.05, 0.1) is 5.71 Å². The van der Waals surface area contributed by atoms with Gasteiger partial charge in [-0.3, -0.25) is 4.99 Å². The summed E-state index contributed by atoms with van der Waals surface area (Å²) in [6.07, 6.45) is 3.53. The van der Waals surface area contributed by atoms with Crippen LogP contribution in [0.1, 0.15) is 6.92 Å². The van der Waals surface area contributed by atoms with Crippen molar-refractivity contribution in [1.82, 2.24) is 0 Å². The fourth-order valence-electron chi connectivity index (χ4n) is 0.819. The van der Waals surface area contributed by atoms with Gasteiger partial charge in [-0.1, -0.05) is 19.2 Å². The van der Waals surface area contributed by atoms with Crippen molar-refractivity contribution in [2.24, 2.45) is 10.7 Å². The third-order valence-corrected chi connectivity index (χ3v) is 1.34. The molecule has 0 aliphatic rings. The lowest BCUT2D eigenvalue weighted by Crippen LogP contribution is -2.07. The Hall–Kier alpha value is -1.31. The molecule has 0 aromatic heterocycles. The Balaban J connectivity index is 4.79. The zero-order chi connectivity index (χ0) is 8.85. The van der Waals surface area contributed by atoms with Crippen molar-refractivity contribution in [2.75, 3.05) is 7.05 Å². The highest BCUT2D eigenvalue weighted by Crippen LogP contribution is 2.04. The van der Waals surface area contributed by atoms with Crippen molar-refractivity contribution >= 4 is 5.71 Å². The molecule has 2 N–H and O–H groups in total. The van der Waals surface area contributed by atoms with Crippen LogP contribution in [0.3, 0.4) is 0 Å². The number of nitrogens with zero attached hydrogens (tertiary/aromatic N) is 1. The van der Waals surface area contributed by atoms with Gasteiger partial charge >= 0.3 is 0 Å². The van der Waals surface area contributed by atoms with Crippen LogP contribution in [0.2, 0.25) is 0 Å². The van der Waals surface area contributed by atoms with Gasteiger partial charge in [-0.25, -0.2) is 0 Å². The first-order valence-corrected chi connectivity index (χ1v) is 3.38. The van der Waals surface area contributed by atoms with E-state index in [1.165, 1.54) is 0 Å². The molecule has 0 fully saturated rings. The molecule has 0 unspecified atom stereocenters. The van der Waals surface area contributed by atoms with Gasteiger partial charge in [-0.2, -0.15) is 0 Å². The zero-order valence-corrected chi connectivity index (χ0v) is 7.09. The number of nitrogens with two attached hydrogens (primary N) is 1. The number of allylic oxidation sites excluding steroid dienone is 3. The van der Waals surface area contributed by atoms with Crippen LogP contribution < -0.4 is 5.73 Å². The molecule has 0 atom stereocenters. The van der Waals surface area contributed by atoms with E-state index in [9.17, 15) is 0 Å². The van der Waals surface area contributed by atoms with E-state index in [0.717, 1.165) is 11.3 Å². The average Bonchev–Trinajstić information content (AvgIpc) is 1.99. The largest absolute Gasteiger partial charge is 0.399 e. The van der Waals surface area contributed by atoms with Gasteiger partial charge in [-0.15, -0.1) is 0 Å². The highest BCUT2D eigenvalue weighted by Gasteiger charge is 2.01. The Morgan fingerprint density at radius 2 is 2.09 bits per heavy atom. The molecule has 0 rings (SSSR count). The van der Waals surface area contributed by atoms with Gasteiger partial charge < -0.3 is 5.73 Å². The number of hydrogen-bond acceptors (Lipinski definition) is 2.